The first-order valence-corrected chi connectivity index (χ1v) is 8.07. The van der Waals surface area contributed by atoms with Gasteiger partial charge in [0, 0.05) is 5.56 Å². The fraction of sp³-hybridized carbons (Fsp3) is 0.381. The van der Waals surface area contributed by atoms with Gasteiger partial charge >= 0.3 is 5.97 Å². The number of benzene rings is 1. The molecular weight excluding hydrogens is 284 g/mol. The average molecular weight is 308 g/mol. The van der Waals surface area contributed by atoms with Crippen molar-refractivity contribution in [2.24, 2.45) is 5.41 Å². The number of aliphatic carboxylic acids is 1. The summed E-state index contributed by atoms with van der Waals surface area (Å²) in [6.45, 7) is 6.81. The van der Waals surface area contributed by atoms with Crippen LogP contribution in [0.3, 0.4) is 0 Å². The van der Waals surface area contributed by atoms with Gasteiger partial charge in [0.1, 0.15) is 0 Å². The first kappa shape index (κ1) is 17.1. The van der Waals surface area contributed by atoms with E-state index in [4.69, 9.17) is 5.11 Å². The van der Waals surface area contributed by atoms with Crippen LogP contribution in [0.25, 0.3) is 0 Å². The number of rotatable bonds is 3. The highest BCUT2D eigenvalue weighted by Gasteiger charge is 2.26. The minimum absolute atomic E-state index is 0.0517. The second-order valence-corrected chi connectivity index (χ2v) is 6.80. The lowest BCUT2D eigenvalue weighted by molar-refractivity contribution is -0.136. The van der Waals surface area contributed by atoms with Gasteiger partial charge in [-0.1, -0.05) is 49.5 Å². The molecule has 0 radical (unpaired) electrons. The Bertz CT molecular complexity index is 692. The lowest BCUT2D eigenvalue weighted by Crippen LogP contribution is -2.18. The Hall–Kier alpha value is -2.27. The first-order valence-electron chi connectivity index (χ1n) is 8.07. The van der Waals surface area contributed by atoms with E-state index in [-0.39, 0.29) is 11.8 Å². The van der Waals surface area contributed by atoms with E-state index in [1.54, 1.807) is 0 Å². The molecule has 1 aliphatic rings. The molecule has 1 aromatic rings. The van der Waals surface area contributed by atoms with Crippen LogP contribution in [-0.4, -0.2) is 11.1 Å². The molecule has 0 aliphatic heterocycles. The maximum atomic E-state index is 10.7. The van der Waals surface area contributed by atoms with E-state index in [2.05, 4.69) is 38.7 Å². The molecule has 0 atom stereocenters. The molecule has 2 heteroatoms. The summed E-state index contributed by atoms with van der Waals surface area (Å²) in [5.74, 6) is 5.37. The van der Waals surface area contributed by atoms with E-state index in [0.29, 0.717) is 0 Å². The lowest BCUT2D eigenvalue weighted by atomic mass is 9.73. The van der Waals surface area contributed by atoms with Crippen LogP contribution in [0.1, 0.15) is 51.2 Å². The van der Waals surface area contributed by atoms with Gasteiger partial charge in [0.25, 0.3) is 0 Å². The van der Waals surface area contributed by atoms with Crippen LogP contribution < -0.4 is 0 Å². The zero-order valence-electron chi connectivity index (χ0n) is 14.1. The van der Waals surface area contributed by atoms with Crippen molar-refractivity contribution in [3.8, 4) is 11.8 Å². The molecule has 0 unspecified atom stereocenters. The Morgan fingerprint density at radius 2 is 2.00 bits per heavy atom. The SMILES string of the molecule is CC1=C(C=CC#Cc2ccc(CC(=O)O)cc2)C(C)(C)CCC1. The third kappa shape index (κ3) is 4.86. The summed E-state index contributed by atoms with van der Waals surface area (Å²) in [6.07, 6.45) is 7.81. The van der Waals surface area contributed by atoms with Crippen molar-refractivity contribution in [3.05, 3.63) is 58.7 Å². The zero-order valence-corrected chi connectivity index (χ0v) is 14.1. The number of carbonyl (C=O) groups is 1. The number of carboxylic acids is 1. The quantitative estimate of drug-likeness (QED) is 0.818. The van der Waals surface area contributed by atoms with Crippen LogP contribution >= 0.6 is 0 Å². The van der Waals surface area contributed by atoms with E-state index in [0.717, 1.165) is 11.1 Å². The fourth-order valence-electron chi connectivity index (χ4n) is 3.14. The van der Waals surface area contributed by atoms with E-state index in [1.165, 1.54) is 30.4 Å². The summed E-state index contributed by atoms with van der Waals surface area (Å²) in [6, 6.07) is 7.37. The Balaban J connectivity index is 2.06. The number of allylic oxidation sites excluding steroid dienone is 4. The highest BCUT2D eigenvalue weighted by Crippen LogP contribution is 2.40. The Morgan fingerprint density at radius 3 is 2.61 bits per heavy atom. The molecule has 0 heterocycles. The molecule has 0 spiro atoms. The highest BCUT2D eigenvalue weighted by atomic mass is 16.4. The molecule has 1 aromatic carbocycles. The van der Waals surface area contributed by atoms with E-state index in [9.17, 15) is 4.79 Å². The molecule has 1 N–H and O–H groups in total. The van der Waals surface area contributed by atoms with Gasteiger partial charge in [-0.25, -0.2) is 0 Å². The predicted molar refractivity (Wildman–Crippen MR) is 94.1 cm³/mol. The van der Waals surface area contributed by atoms with Crippen molar-refractivity contribution in [2.45, 2.75) is 46.5 Å². The van der Waals surface area contributed by atoms with Crippen molar-refractivity contribution < 1.29 is 9.90 Å². The molecule has 0 saturated heterocycles. The molecule has 0 saturated carbocycles. The monoisotopic (exact) mass is 308 g/mol. The number of hydrogen-bond acceptors (Lipinski definition) is 1. The smallest absolute Gasteiger partial charge is 0.307 e. The summed E-state index contributed by atoms with van der Waals surface area (Å²) < 4.78 is 0. The normalized spacial score (nSPS) is 17.0. The minimum Gasteiger partial charge on any atom is -0.481 e. The number of hydrogen-bond donors (Lipinski definition) is 1. The summed E-state index contributed by atoms with van der Waals surface area (Å²) in [5, 5.41) is 8.76. The predicted octanol–water partition coefficient (Wildman–Crippen LogP) is 4.75. The third-order valence-electron chi connectivity index (χ3n) is 4.40. The van der Waals surface area contributed by atoms with Crippen LogP contribution in [0.15, 0.2) is 47.6 Å². The van der Waals surface area contributed by atoms with Crippen LogP contribution in [0.2, 0.25) is 0 Å². The topological polar surface area (TPSA) is 37.3 Å². The molecule has 2 nitrogen and oxygen atoms in total. The molecule has 1 aliphatic carbocycles. The molecular formula is C21H24O2. The highest BCUT2D eigenvalue weighted by molar-refractivity contribution is 5.70. The van der Waals surface area contributed by atoms with Gasteiger partial charge in [-0.15, -0.1) is 0 Å². The molecule has 0 fully saturated rings. The van der Waals surface area contributed by atoms with Gasteiger partial charge in [-0.2, -0.15) is 0 Å². The molecule has 0 amide bonds. The van der Waals surface area contributed by atoms with Crippen LogP contribution in [0.5, 0.6) is 0 Å². The minimum atomic E-state index is -0.814. The van der Waals surface area contributed by atoms with Crippen LogP contribution in [0, 0.1) is 17.3 Å². The Labute approximate surface area is 138 Å². The van der Waals surface area contributed by atoms with E-state index >= 15 is 0 Å². The van der Waals surface area contributed by atoms with Crippen LogP contribution in [-0.2, 0) is 11.2 Å². The Morgan fingerprint density at radius 1 is 1.30 bits per heavy atom. The second-order valence-electron chi connectivity index (χ2n) is 6.80. The van der Waals surface area contributed by atoms with Crippen LogP contribution in [0.4, 0.5) is 0 Å². The Kier molecular flexibility index (Phi) is 5.45. The van der Waals surface area contributed by atoms with Gasteiger partial charge in [-0.05, 0) is 60.9 Å². The lowest BCUT2D eigenvalue weighted by Gasteiger charge is -2.32. The maximum Gasteiger partial charge on any atom is 0.307 e. The van der Waals surface area contributed by atoms with Crippen molar-refractivity contribution in [1.82, 2.24) is 0 Å². The fourth-order valence-corrected chi connectivity index (χ4v) is 3.14. The van der Waals surface area contributed by atoms with Crippen molar-refractivity contribution in [3.63, 3.8) is 0 Å². The molecule has 23 heavy (non-hydrogen) atoms. The van der Waals surface area contributed by atoms with E-state index in [1.807, 2.05) is 30.3 Å². The standard InChI is InChI=1S/C21H24O2/c1-16-7-6-14-21(2,3)19(16)9-5-4-8-17-10-12-18(13-11-17)15-20(22)23/h5,9-13H,6-7,14-15H2,1-3H3,(H,22,23). The number of carboxylic acid groups (broad SMARTS) is 1. The molecule has 0 aromatic heterocycles. The zero-order chi connectivity index (χ0) is 16.9. The van der Waals surface area contributed by atoms with Crippen molar-refractivity contribution in [2.75, 3.05) is 0 Å². The van der Waals surface area contributed by atoms with Gasteiger partial charge in [0.15, 0.2) is 0 Å². The van der Waals surface area contributed by atoms with Crippen molar-refractivity contribution in [1.29, 1.82) is 0 Å². The van der Waals surface area contributed by atoms with Crippen molar-refractivity contribution >= 4 is 5.97 Å². The summed E-state index contributed by atoms with van der Waals surface area (Å²) in [7, 11) is 0. The summed E-state index contributed by atoms with van der Waals surface area (Å²) in [4.78, 5) is 10.7. The molecule has 2 rings (SSSR count). The van der Waals surface area contributed by atoms with Gasteiger partial charge in [0.05, 0.1) is 6.42 Å². The summed E-state index contributed by atoms with van der Waals surface area (Å²) in [5.41, 5.74) is 4.81. The molecule has 120 valence electrons. The molecule has 0 bridgehead atoms. The maximum absolute atomic E-state index is 10.7. The largest absolute Gasteiger partial charge is 0.481 e. The van der Waals surface area contributed by atoms with Gasteiger partial charge in [-0.3, -0.25) is 4.79 Å². The third-order valence-corrected chi connectivity index (χ3v) is 4.40. The van der Waals surface area contributed by atoms with Gasteiger partial charge < -0.3 is 5.11 Å². The van der Waals surface area contributed by atoms with E-state index < -0.39 is 5.97 Å². The first-order chi connectivity index (χ1) is 10.9. The average Bonchev–Trinajstić information content (AvgIpc) is 2.46. The second kappa shape index (κ2) is 7.33. The van der Waals surface area contributed by atoms with Gasteiger partial charge in [0.2, 0.25) is 0 Å². The summed E-state index contributed by atoms with van der Waals surface area (Å²) >= 11 is 0.